The fraction of sp³-hybridized carbons (Fsp3) is 0.333. The first-order valence-corrected chi connectivity index (χ1v) is 7.61. The number of thioether (sulfide) groups is 1. The van der Waals surface area contributed by atoms with E-state index in [1.165, 1.54) is 12.2 Å². The molecule has 0 saturated carbocycles. The summed E-state index contributed by atoms with van der Waals surface area (Å²) >= 11 is 1.93. The Morgan fingerprint density at radius 3 is 2.68 bits per heavy atom. The van der Waals surface area contributed by atoms with Crippen LogP contribution in [0, 0.1) is 6.92 Å². The van der Waals surface area contributed by atoms with Crippen molar-refractivity contribution in [3.8, 4) is 11.3 Å². The standard InChI is InChI=1S/C15H17N3S/c1-10-13(11-6-3-2-4-7-11)17-15(18-14(10)16)12-8-5-9-19-12/h2-4,6-7,12H,5,8-9H2,1H3,(H2,16,17,18). The van der Waals surface area contributed by atoms with Gasteiger partial charge in [-0.1, -0.05) is 30.3 Å². The minimum Gasteiger partial charge on any atom is -0.383 e. The summed E-state index contributed by atoms with van der Waals surface area (Å²) in [6.45, 7) is 1.99. The molecule has 4 heteroatoms. The Morgan fingerprint density at radius 2 is 2.00 bits per heavy atom. The van der Waals surface area contributed by atoms with Crippen molar-refractivity contribution in [1.29, 1.82) is 0 Å². The van der Waals surface area contributed by atoms with Gasteiger partial charge in [-0.2, -0.15) is 11.8 Å². The predicted octanol–water partition coefficient (Wildman–Crippen LogP) is 3.60. The van der Waals surface area contributed by atoms with E-state index in [0.717, 1.165) is 29.1 Å². The number of nitrogen functional groups attached to an aromatic ring is 1. The van der Waals surface area contributed by atoms with Crippen LogP contribution >= 0.6 is 11.8 Å². The van der Waals surface area contributed by atoms with Gasteiger partial charge >= 0.3 is 0 Å². The highest BCUT2D eigenvalue weighted by atomic mass is 32.2. The Bertz CT molecular complexity index is 577. The molecule has 1 unspecified atom stereocenters. The average molecular weight is 271 g/mol. The molecule has 1 aromatic heterocycles. The summed E-state index contributed by atoms with van der Waals surface area (Å²) in [7, 11) is 0. The largest absolute Gasteiger partial charge is 0.383 e. The Kier molecular flexibility index (Phi) is 3.42. The summed E-state index contributed by atoms with van der Waals surface area (Å²) < 4.78 is 0. The van der Waals surface area contributed by atoms with Gasteiger partial charge in [0.15, 0.2) is 0 Å². The van der Waals surface area contributed by atoms with Gasteiger partial charge in [0.25, 0.3) is 0 Å². The van der Waals surface area contributed by atoms with Crippen LogP contribution in [0.3, 0.4) is 0 Å². The number of hydrogen-bond donors (Lipinski definition) is 1. The first-order chi connectivity index (χ1) is 9.25. The lowest BCUT2D eigenvalue weighted by molar-refractivity contribution is 0.778. The number of nitrogens with zero attached hydrogens (tertiary/aromatic N) is 2. The second-order valence-corrected chi connectivity index (χ2v) is 6.12. The van der Waals surface area contributed by atoms with Crippen LogP contribution in [0.2, 0.25) is 0 Å². The molecule has 0 aliphatic carbocycles. The minimum atomic E-state index is 0.408. The smallest absolute Gasteiger partial charge is 0.144 e. The number of benzene rings is 1. The van der Waals surface area contributed by atoms with E-state index in [4.69, 9.17) is 10.7 Å². The van der Waals surface area contributed by atoms with Crippen LogP contribution in [-0.4, -0.2) is 15.7 Å². The lowest BCUT2D eigenvalue weighted by Gasteiger charge is -2.13. The molecule has 1 aliphatic rings. The molecule has 2 N–H and O–H groups in total. The Morgan fingerprint density at radius 1 is 1.21 bits per heavy atom. The maximum atomic E-state index is 6.07. The quantitative estimate of drug-likeness (QED) is 0.906. The molecular formula is C15H17N3S. The van der Waals surface area contributed by atoms with Crippen molar-refractivity contribution in [2.24, 2.45) is 0 Å². The average Bonchev–Trinajstić information content (AvgIpc) is 2.97. The third kappa shape index (κ3) is 2.45. The van der Waals surface area contributed by atoms with Crippen molar-refractivity contribution in [2.45, 2.75) is 25.0 Å². The molecule has 98 valence electrons. The Balaban J connectivity index is 2.08. The number of nitrogens with two attached hydrogens (primary N) is 1. The zero-order valence-electron chi connectivity index (χ0n) is 11.0. The van der Waals surface area contributed by atoms with E-state index in [2.05, 4.69) is 17.1 Å². The molecule has 1 saturated heterocycles. The van der Waals surface area contributed by atoms with Gasteiger partial charge in [-0.3, -0.25) is 0 Å². The minimum absolute atomic E-state index is 0.408. The molecule has 0 amide bonds. The SMILES string of the molecule is Cc1c(N)nc(C2CCCS2)nc1-c1ccccc1. The second kappa shape index (κ2) is 5.21. The van der Waals surface area contributed by atoms with Crippen molar-refractivity contribution in [2.75, 3.05) is 11.5 Å². The van der Waals surface area contributed by atoms with Crippen molar-refractivity contribution in [3.63, 3.8) is 0 Å². The van der Waals surface area contributed by atoms with E-state index in [9.17, 15) is 0 Å². The van der Waals surface area contributed by atoms with Gasteiger partial charge in [0.1, 0.15) is 11.6 Å². The predicted molar refractivity (Wildman–Crippen MR) is 81.1 cm³/mol. The monoisotopic (exact) mass is 271 g/mol. The van der Waals surface area contributed by atoms with Gasteiger partial charge in [0, 0.05) is 11.1 Å². The molecule has 1 aliphatic heterocycles. The maximum Gasteiger partial charge on any atom is 0.144 e. The van der Waals surface area contributed by atoms with Crippen LogP contribution in [0.4, 0.5) is 5.82 Å². The normalized spacial score (nSPS) is 18.7. The molecule has 3 rings (SSSR count). The topological polar surface area (TPSA) is 51.8 Å². The molecule has 0 spiro atoms. The van der Waals surface area contributed by atoms with E-state index in [0.29, 0.717) is 11.1 Å². The molecule has 3 nitrogen and oxygen atoms in total. The van der Waals surface area contributed by atoms with Gasteiger partial charge in [-0.05, 0) is 25.5 Å². The molecule has 1 aromatic carbocycles. The number of rotatable bonds is 2. The first-order valence-electron chi connectivity index (χ1n) is 6.57. The summed E-state index contributed by atoms with van der Waals surface area (Å²) in [5.74, 6) is 2.70. The van der Waals surface area contributed by atoms with Crippen molar-refractivity contribution in [1.82, 2.24) is 9.97 Å². The first kappa shape index (κ1) is 12.5. The molecule has 1 atom stereocenters. The van der Waals surface area contributed by atoms with E-state index in [1.54, 1.807) is 0 Å². The highest BCUT2D eigenvalue weighted by molar-refractivity contribution is 7.99. The van der Waals surface area contributed by atoms with Crippen molar-refractivity contribution in [3.05, 3.63) is 41.7 Å². The van der Waals surface area contributed by atoms with Crippen LogP contribution in [0.5, 0.6) is 0 Å². The summed E-state index contributed by atoms with van der Waals surface area (Å²) in [5.41, 5.74) is 9.11. The Labute approximate surface area is 117 Å². The molecular weight excluding hydrogens is 254 g/mol. The van der Waals surface area contributed by atoms with Gasteiger partial charge in [-0.25, -0.2) is 9.97 Å². The molecule has 2 heterocycles. The number of anilines is 1. The lowest BCUT2D eigenvalue weighted by Crippen LogP contribution is -2.06. The fourth-order valence-electron chi connectivity index (χ4n) is 2.35. The molecule has 0 bridgehead atoms. The number of hydrogen-bond acceptors (Lipinski definition) is 4. The van der Waals surface area contributed by atoms with Crippen LogP contribution in [-0.2, 0) is 0 Å². The van der Waals surface area contributed by atoms with Gasteiger partial charge in [0.05, 0.1) is 10.9 Å². The Hall–Kier alpha value is -1.55. The molecule has 2 aromatic rings. The van der Waals surface area contributed by atoms with Crippen LogP contribution in [0.15, 0.2) is 30.3 Å². The second-order valence-electron chi connectivity index (χ2n) is 4.81. The van der Waals surface area contributed by atoms with E-state index in [1.807, 2.05) is 36.9 Å². The van der Waals surface area contributed by atoms with Crippen molar-refractivity contribution >= 4 is 17.6 Å². The molecule has 19 heavy (non-hydrogen) atoms. The number of aromatic nitrogens is 2. The van der Waals surface area contributed by atoms with Gasteiger partial charge < -0.3 is 5.73 Å². The highest BCUT2D eigenvalue weighted by Crippen LogP contribution is 2.39. The summed E-state index contributed by atoms with van der Waals surface area (Å²) in [5, 5.41) is 0.408. The molecule has 1 fully saturated rings. The summed E-state index contributed by atoms with van der Waals surface area (Å²) in [6, 6.07) is 10.2. The van der Waals surface area contributed by atoms with E-state index >= 15 is 0 Å². The van der Waals surface area contributed by atoms with E-state index < -0.39 is 0 Å². The van der Waals surface area contributed by atoms with Gasteiger partial charge in [-0.15, -0.1) is 0 Å². The zero-order valence-corrected chi connectivity index (χ0v) is 11.8. The summed E-state index contributed by atoms with van der Waals surface area (Å²) in [6.07, 6.45) is 2.40. The third-order valence-electron chi connectivity index (χ3n) is 3.47. The van der Waals surface area contributed by atoms with Crippen LogP contribution in [0.25, 0.3) is 11.3 Å². The third-order valence-corrected chi connectivity index (χ3v) is 4.84. The van der Waals surface area contributed by atoms with Gasteiger partial charge in [0.2, 0.25) is 0 Å². The maximum absolute atomic E-state index is 6.07. The zero-order chi connectivity index (χ0) is 13.2. The van der Waals surface area contributed by atoms with Crippen molar-refractivity contribution < 1.29 is 0 Å². The summed E-state index contributed by atoms with van der Waals surface area (Å²) in [4.78, 5) is 9.26. The van der Waals surface area contributed by atoms with E-state index in [-0.39, 0.29) is 0 Å². The van der Waals surface area contributed by atoms with Crippen LogP contribution < -0.4 is 5.73 Å². The van der Waals surface area contributed by atoms with Crippen LogP contribution in [0.1, 0.15) is 29.5 Å². The highest BCUT2D eigenvalue weighted by Gasteiger charge is 2.22. The fourth-order valence-corrected chi connectivity index (χ4v) is 3.56. The lowest BCUT2D eigenvalue weighted by atomic mass is 10.1. The molecule has 0 radical (unpaired) electrons.